The predicted octanol–water partition coefficient (Wildman–Crippen LogP) is 5.95. The zero-order chi connectivity index (χ0) is 28.1. The number of hydrogen-bond acceptors (Lipinski definition) is 8. The number of methoxy groups -OCH3 is 1. The van der Waals surface area contributed by atoms with E-state index < -0.39 is 11.9 Å². The molecule has 8 heteroatoms. The summed E-state index contributed by atoms with van der Waals surface area (Å²) in [5.74, 6) is 1.80. The summed E-state index contributed by atoms with van der Waals surface area (Å²) in [6.07, 6.45) is 0.0300. The molecule has 0 aromatic heterocycles. The van der Waals surface area contributed by atoms with Crippen molar-refractivity contribution in [2.24, 2.45) is 11.7 Å². The second-order valence-corrected chi connectivity index (χ2v) is 9.82. The highest BCUT2D eigenvalue weighted by Crippen LogP contribution is 2.45. The van der Waals surface area contributed by atoms with Gasteiger partial charge < -0.3 is 29.4 Å². The maximum atomic E-state index is 12.8. The van der Waals surface area contributed by atoms with Crippen LogP contribution in [0.25, 0.3) is 0 Å². The van der Waals surface area contributed by atoms with Crippen LogP contribution in [0.1, 0.15) is 55.1 Å². The van der Waals surface area contributed by atoms with Crippen LogP contribution in [0.15, 0.2) is 72.1 Å². The van der Waals surface area contributed by atoms with Crippen LogP contribution in [-0.2, 0) is 0 Å². The van der Waals surface area contributed by atoms with E-state index in [-0.39, 0.29) is 23.3 Å². The van der Waals surface area contributed by atoms with Gasteiger partial charge >= 0.3 is 5.97 Å². The Kier molecular flexibility index (Phi) is 8.30. The first-order valence-electron chi connectivity index (χ1n) is 12.7. The van der Waals surface area contributed by atoms with E-state index in [2.05, 4.69) is 19.9 Å². The lowest BCUT2D eigenvalue weighted by molar-refractivity contribution is 0.0734. The van der Waals surface area contributed by atoms with Gasteiger partial charge in [0.25, 0.3) is 0 Å². The monoisotopic (exact) mass is 528 g/mol. The molecule has 0 amide bonds. The number of nitrogens with two attached hydrogens (primary N) is 1. The Hall–Kier alpha value is -4.64. The Morgan fingerprint density at radius 3 is 2.36 bits per heavy atom. The zero-order valence-electron chi connectivity index (χ0n) is 22.7. The molecule has 3 aromatic carbocycles. The van der Waals surface area contributed by atoms with E-state index in [1.165, 1.54) is 0 Å². The number of ether oxygens (including phenoxy) is 5. The molecule has 0 bridgehead atoms. The van der Waals surface area contributed by atoms with Crippen LogP contribution in [0.3, 0.4) is 0 Å². The molecule has 1 aliphatic rings. The lowest BCUT2D eigenvalue weighted by atomic mass is 9.83. The topological polar surface area (TPSA) is 113 Å². The molecule has 1 aliphatic heterocycles. The molecule has 0 radical (unpaired) electrons. The Labute approximate surface area is 228 Å². The van der Waals surface area contributed by atoms with E-state index in [1.807, 2.05) is 32.0 Å². The molecule has 2 N–H and O–H groups in total. The van der Waals surface area contributed by atoms with Gasteiger partial charge in [0.15, 0.2) is 11.5 Å². The standard InChI is InChI=1S/C31H32N2O6/c1-18(2)17-36-26-13-8-21(14-28(26)35-5)29-24-12-11-23(15-27(24)39-30(33)25(29)16-32)38-31(34)20-6-9-22(10-7-20)37-19(3)4/h6-15,18-19,29H,17,33H2,1-5H3. The second-order valence-electron chi connectivity index (χ2n) is 9.82. The molecule has 8 nitrogen and oxygen atoms in total. The molecule has 39 heavy (non-hydrogen) atoms. The van der Waals surface area contributed by atoms with Crippen LogP contribution in [0, 0.1) is 17.2 Å². The van der Waals surface area contributed by atoms with Crippen molar-refractivity contribution < 1.29 is 28.5 Å². The zero-order valence-corrected chi connectivity index (χ0v) is 22.7. The molecule has 3 aromatic rings. The van der Waals surface area contributed by atoms with Crippen LogP contribution in [0.5, 0.6) is 28.7 Å². The number of carbonyl (C=O) groups excluding carboxylic acids is 1. The molecular formula is C31H32N2O6. The summed E-state index contributed by atoms with van der Waals surface area (Å²) >= 11 is 0. The fourth-order valence-corrected chi connectivity index (χ4v) is 4.19. The molecule has 1 unspecified atom stereocenters. The molecule has 1 heterocycles. The maximum Gasteiger partial charge on any atom is 0.343 e. The molecule has 0 fully saturated rings. The maximum absolute atomic E-state index is 12.8. The minimum Gasteiger partial charge on any atom is -0.493 e. The van der Waals surface area contributed by atoms with Gasteiger partial charge in [-0.3, -0.25) is 0 Å². The van der Waals surface area contributed by atoms with Crippen molar-refractivity contribution in [1.82, 2.24) is 0 Å². The van der Waals surface area contributed by atoms with Crippen LogP contribution in [0.4, 0.5) is 0 Å². The number of benzene rings is 3. The molecule has 0 saturated heterocycles. The molecule has 0 aliphatic carbocycles. The van der Waals surface area contributed by atoms with Crippen molar-refractivity contribution in [3.8, 4) is 34.8 Å². The molecule has 4 rings (SSSR count). The molecular weight excluding hydrogens is 496 g/mol. The summed E-state index contributed by atoms with van der Waals surface area (Å²) in [5, 5.41) is 9.91. The number of hydrogen-bond donors (Lipinski definition) is 1. The van der Waals surface area contributed by atoms with Crippen LogP contribution < -0.4 is 29.4 Å². The van der Waals surface area contributed by atoms with Gasteiger partial charge in [-0.1, -0.05) is 26.0 Å². The number of allylic oxidation sites excluding steroid dienone is 1. The highest BCUT2D eigenvalue weighted by molar-refractivity contribution is 5.91. The lowest BCUT2D eigenvalue weighted by Crippen LogP contribution is -2.21. The van der Waals surface area contributed by atoms with Crippen molar-refractivity contribution >= 4 is 5.97 Å². The van der Waals surface area contributed by atoms with Crippen molar-refractivity contribution in [1.29, 1.82) is 5.26 Å². The fraction of sp³-hybridized carbons (Fsp3) is 0.290. The predicted molar refractivity (Wildman–Crippen MR) is 146 cm³/mol. The SMILES string of the molecule is COc1cc(C2C(C#N)=C(N)Oc3cc(OC(=O)c4ccc(OC(C)C)cc4)ccc32)ccc1OCC(C)C. The number of nitriles is 1. The first-order valence-corrected chi connectivity index (χ1v) is 12.7. The van der Waals surface area contributed by atoms with Crippen molar-refractivity contribution in [3.05, 3.63) is 88.8 Å². The van der Waals surface area contributed by atoms with E-state index in [4.69, 9.17) is 29.4 Å². The highest BCUT2D eigenvalue weighted by atomic mass is 16.5. The normalized spacial score (nSPS) is 14.4. The summed E-state index contributed by atoms with van der Waals surface area (Å²) in [6, 6.07) is 19.5. The Balaban J connectivity index is 1.61. The third-order valence-corrected chi connectivity index (χ3v) is 5.96. The summed E-state index contributed by atoms with van der Waals surface area (Å²) in [6.45, 7) is 8.54. The first kappa shape index (κ1) is 27.4. The summed E-state index contributed by atoms with van der Waals surface area (Å²) in [4.78, 5) is 12.8. The smallest absolute Gasteiger partial charge is 0.343 e. The van der Waals surface area contributed by atoms with Gasteiger partial charge in [0, 0.05) is 11.6 Å². The molecule has 202 valence electrons. The van der Waals surface area contributed by atoms with Crippen molar-refractivity contribution in [2.75, 3.05) is 13.7 Å². The molecule has 1 atom stereocenters. The van der Waals surface area contributed by atoms with Gasteiger partial charge in [-0.15, -0.1) is 0 Å². The molecule has 0 saturated carbocycles. The van der Waals surface area contributed by atoms with Gasteiger partial charge in [-0.05, 0) is 67.8 Å². The van der Waals surface area contributed by atoms with Gasteiger partial charge in [0.2, 0.25) is 5.88 Å². The minimum atomic E-state index is -0.527. The van der Waals surface area contributed by atoms with Gasteiger partial charge in [-0.2, -0.15) is 5.26 Å². The van der Waals surface area contributed by atoms with Gasteiger partial charge in [0.05, 0.1) is 31.3 Å². The van der Waals surface area contributed by atoms with E-state index >= 15 is 0 Å². The van der Waals surface area contributed by atoms with Gasteiger partial charge in [0.1, 0.15) is 28.9 Å². The lowest BCUT2D eigenvalue weighted by Gasteiger charge is -2.27. The summed E-state index contributed by atoms with van der Waals surface area (Å²) in [7, 11) is 1.57. The Morgan fingerprint density at radius 2 is 1.72 bits per heavy atom. The number of rotatable bonds is 9. The Bertz CT molecular complexity index is 1420. The average Bonchev–Trinajstić information content (AvgIpc) is 2.91. The van der Waals surface area contributed by atoms with Gasteiger partial charge in [-0.25, -0.2) is 4.79 Å². The largest absolute Gasteiger partial charge is 0.493 e. The number of fused-ring (bicyclic) bond motifs is 1. The Morgan fingerprint density at radius 1 is 1.00 bits per heavy atom. The number of nitrogens with zero attached hydrogens (tertiary/aromatic N) is 1. The van der Waals surface area contributed by atoms with E-state index in [0.29, 0.717) is 46.6 Å². The highest BCUT2D eigenvalue weighted by Gasteiger charge is 2.32. The molecule has 0 spiro atoms. The number of esters is 1. The second kappa shape index (κ2) is 11.8. The first-order chi connectivity index (χ1) is 18.7. The fourth-order valence-electron chi connectivity index (χ4n) is 4.19. The minimum absolute atomic E-state index is 0.0154. The van der Waals surface area contributed by atoms with E-state index in [1.54, 1.807) is 49.6 Å². The van der Waals surface area contributed by atoms with Crippen molar-refractivity contribution in [3.63, 3.8) is 0 Å². The van der Waals surface area contributed by atoms with E-state index in [0.717, 1.165) is 5.56 Å². The van der Waals surface area contributed by atoms with Crippen LogP contribution in [-0.4, -0.2) is 25.8 Å². The quantitative estimate of drug-likeness (QED) is 0.268. The third kappa shape index (κ3) is 6.27. The van der Waals surface area contributed by atoms with E-state index in [9.17, 15) is 10.1 Å². The summed E-state index contributed by atoms with van der Waals surface area (Å²) in [5.41, 5.74) is 8.29. The van der Waals surface area contributed by atoms with Crippen LogP contribution in [0.2, 0.25) is 0 Å². The third-order valence-electron chi connectivity index (χ3n) is 5.96. The summed E-state index contributed by atoms with van der Waals surface area (Å²) < 4.78 is 28.5. The van der Waals surface area contributed by atoms with Crippen LogP contribution >= 0.6 is 0 Å². The number of carbonyl (C=O) groups is 1. The van der Waals surface area contributed by atoms with Crippen molar-refractivity contribution in [2.45, 2.75) is 39.7 Å². The average molecular weight is 529 g/mol.